The molecule has 0 bridgehead atoms. The van der Waals surface area contributed by atoms with E-state index in [2.05, 4.69) is 26.1 Å². The zero-order valence-corrected chi connectivity index (χ0v) is 24.4. The Morgan fingerprint density at radius 1 is 1.00 bits per heavy atom. The Hall–Kier alpha value is -3.88. The van der Waals surface area contributed by atoms with Gasteiger partial charge in [-0.15, -0.1) is 0 Å². The number of fused-ring (bicyclic) bond motifs is 2. The topological polar surface area (TPSA) is 105 Å². The van der Waals surface area contributed by atoms with Gasteiger partial charge in [-0.1, -0.05) is 58.9 Å². The quantitative estimate of drug-likeness (QED) is 0.580. The number of hydrogen-bond acceptors (Lipinski definition) is 6. The maximum atomic E-state index is 13.8. The number of benzene rings is 2. The zero-order valence-electron chi connectivity index (χ0n) is 24.4. The number of ketones is 1. The van der Waals surface area contributed by atoms with E-state index in [0.717, 1.165) is 5.56 Å². The Morgan fingerprint density at radius 2 is 1.68 bits per heavy atom. The van der Waals surface area contributed by atoms with Crippen LogP contribution in [0.15, 0.2) is 48.5 Å². The molecule has 2 fully saturated rings. The summed E-state index contributed by atoms with van der Waals surface area (Å²) in [5.41, 5.74) is 1.55. The van der Waals surface area contributed by atoms with E-state index in [9.17, 15) is 19.2 Å². The van der Waals surface area contributed by atoms with Crippen molar-refractivity contribution in [3.05, 3.63) is 59.7 Å². The summed E-state index contributed by atoms with van der Waals surface area (Å²) in [6.07, 6.45) is 0.0512. The molecule has 0 spiro atoms. The van der Waals surface area contributed by atoms with Gasteiger partial charge < -0.3 is 24.6 Å². The van der Waals surface area contributed by atoms with E-state index in [1.54, 1.807) is 35.2 Å². The van der Waals surface area contributed by atoms with E-state index in [1.165, 1.54) is 4.90 Å². The van der Waals surface area contributed by atoms with Crippen LogP contribution in [0.5, 0.6) is 11.5 Å². The number of likely N-dealkylation sites (tertiary alicyclic amines) is 2. The monoisotopic (exact) mass is 561 g/mol. The summed E-state index contributed by atoms with van der Waals surface area (Å²) >= 11 is 0. The second-order valence-corrected chi connectivity index (χ2v) is 12.6. The molecule has 1 unspecified atom stereocenters. The molecule has 2 aromatic carbocycles. The summed E-state index contributed by atoms with van der Waals surface area (Å²) in [6, 6.07) is 12.6. The number of ether oxygens (including phenoxy) is 2. The van der Waals surface area contributed by atoms with Crippen molar-refractivity contribution < 1.29 is 28.7 Å². The van der Waals surface area contributed by atoms with E-state index >= 15 is 0 Å². The number of carbonyl (C=O) groups excluding carboxylic acids is 4. The van der Waals surface area contributed by atoms with Crippen LogP contribution < -0.4 is 14.8 Å². The lowest BCUT2D eigenvalue weighted by Crippen LogP contribution is -2.53. The molecular formula is C32H39N3O6. The molecule has 9 heteroatoms. The van der Waals surface area contributed by atoms with E-state index < -0.39 is 24.2 Å². The Bertz CT molecular complexity index is 1330. The molecule has 0 aromatic heterocycles. The van der Waals surface area contributed by atoms with Crippen LogP contribution in [0.3, 0.4) is 0 Å². The van der Waals surface area contributed by atoms with Gasteiger partial charge in [0.05, 0.1) is 12.6 Å². The van der Waals surface area contributed by atoms with E-state index in [-0.39, 0.29) is 48.0 Å². The summed E-state index contributed by atoms with van der Waals surface area (Å²) < 4.78 is 11.6. The van der Waals surface area contributed by atoms with Crippen LogP contribution in [0, 0.1) is 5.92 Å². The Labute approximate surface area is 241 Å². The second-order valence-electron chi connectivity index (χ2n) is 12.6. The van der Waals surface area contributed by atoms with Crippen molar-refractivity contribution in [2.45, 2.75) is 77.1 Å². The van der Waals surface area contributed by atoms with Gasteiger partial charge in [-0.2, -0.15) is 0 Å². The van der Waals surface area contributed by atoms with Gasteiger partial charge in [0.15, 0.2) is 17.3 Å². The summed E-state index contributed by atoms with van der Waals surface area (Å²) in [4.78, 5) is 56.8. The van der Waals surface area contributed by atoms with Gasteiger partial charge in [-0.3, -0.25) is 19.2 Å². The number of carbonyl (C=O) groups is 4. The fourth-order valence-corrected chi connectivity index (χ4v) is 5.94. The number of amides is 3. The third-order valence-corrected chi connectivity index (χ3v) is 8.10. The first-order valence-electron chi connectivity index (χ1n) is 14.4. The zero-order chi connectivity index (χ0) is 29.5. The van der Waals surface area contributed by atoms with Crippen LogP contribution in [-0.4, -0.2) is 77.2 Å². The number of hydrogen-bond donors (Lipinski definition) is 1. The molecule has 2 aromatic rings. The van der Waals surface area contributed by atoms with Gasteiger partial charge in [0.2, 0.25) is 12.0 Å². The van der Waals surface area contributed by atoms with Crippen molar-refractivity contribution in [3.8, 4) is 11.5 Å². The van der Waals surface area contributed by atoms with E-state index in [1.807, 2.05) is 32.0 Å². The first kappa shape index (κ1) is 28.6. The maximum Gasteiger partial charge on any atom is 0.268 e. The Morgan fingerprint density at radius 3 is 2.34 bits per heavy atom. The molecule has 0 saturated carbocycles. The number of rotatable bonds is 6. The van der Waals surface area contributed by atoms with Gasteiger partial charge in [0.1, 0.15) is 18.7 Å². The van der Waals surface area contributed by atoms with Crippen molar-refractivity contribution in [1.82, 2.24) is 15.1 Å². The van der Waals surface area contributed by atoms with Crippen molar-refractivity contribution in [2.75, 3.05) is 19.7 Å². The minimum Gasteiger partial charge on any atom is -0.485 e. The highest BCUT2D eigenvalue weighted by Crippen LogP contribution is 2.35. The molecule has 0 aliphatic carbocycles. The summed E-state index contributed by atoms with van der Waals surface area (Å²) in [5, 5.41) is 2.93. The second kappa shape index (κ2) is 11.2. The first-order valence-corrected chi connectivity index (χ1v) is 14.4. The Kier molecular flexibility index (Phi) is 7.81. The van der Waals surface area contributed by atoms with E-state index in [0.29, 0.717) is 36.4 Å². The molecule has 218 valence electrons. The smallest absolute Gasteiger partial charge is 0.268 e. The predicted molar refractivity (Wildman–Crippen MR) is 153 cm³/mol. The molecule has 9 nitrogen and oxygen atoms in total. The molecule has 1 N–H and O–H groups in total. The normalized spacial score (nSPS) is 22.5. The minimum absolute atomic E-state index is 0.0405. The van der Waals surface area contributed by atoms with Gasteiger partial charge >= 0.3 is 0 Å². The molecule has 3 aliphatic heterocycles. The molecular weight excluding hydrogens is 522 g/mol. The maximum absolute atomic E-state index is 13.8. The minimum atomic E-state index is -0.862. The number of nitrogens with one attached hydrogen (secondary N) is 1. The summed E-state index contributed by atoms with van der Waals surface area (Å²) in [5.74, 6) is 0.0774. The molecule has 2 saturated heterocycles. The molecule has 3 heterocycles. The SMILES string of the molecule is CC(C)C[C@H](NC(=O)c1ccc(C(C)(C)C)cc1)C(=O)N1CC[C@@H]2[C@H]1C(=O)CN2C(=O)C1COc2ccccc2O1. The average Bonchev–Trinajstić information content (AvgIpc) is 3.52. The van der Waals surface area contributed by atoms with Crippen molar-refractivity contribution >= 4 is 23.5 Å². The third-order valence-electron chi connectivity index (χ3n) is 8.10. The number of Topliss-reactive ketones (excluding diaryl/α,β-unsaturated/α-hetero) is 1. The molecule has 0 radical (unpaired) electrons. The Balaban J connectivity index is 1.28. The fraction of sp³-hybridized carbons (Fsp3) is 0.500. The first-order chi connectivity index (χ1) is 19.4. The predicted octanol–water partition coefficient (Wildman–Crippen LogP) is 3.35. The fourth-order valence-electron chi connectivity index (χ4n) is 5.94. The van der Waals surface area contributed by atoms with Crippen LogP contribution in [0.25, 0.3) is 0 Å². The highest BCUT2D eigenvalue weighted by Gasteiger charge is 2.53. The van der Waals surface area contributed by atoms with E-state index in [4.69, 9.17) is 9.47 Å². The lowest BCUT2D eigenvalue weighted by molar-refractivity contribution is -0.142. The summed E-state index contributed by atoms with van der Waals surface area (Å²) in [7, 11) is 0. The highest BCUT2D eigenvalue weighted by molar-refractivity contribution is 6.01. The van der Waals surface area contributed by atoms with Crippen molar-refractivity contribution in [2.24, 2.45) is 5.92 Å². The molecule has 3 amide bonds. The van der Waals surface area contributed by atoms with Crippen molar-refractivity contribution in [1.29, 1.82) is 0 Å². The molecule has 3 aliphatic rings. The largest absolute Gasteiger partial charge is 0.485 e. The third kappa shape index (κ3) is 5.80. The van der Waals surface area contributed by atoms with Crippen molar-refractivity contribution in [3.63, 3.8) is 0 Å². The van der Waals surface area contributed by atoms with Crippen LogP contribution >= 0.6 is 0 Å². The van der Waals surface area contributed by atoms with Gasteiger partial charge in [-0.05, 0) is 54.0 Å². The van der Waals surface area contributed by atoms with Crippen LogP contribution in [-0.2, 0) is 19.8 Å². The van der Waals surface area contributed by atoms with Gasteiger partial charge in [0.25, 0.3) is 11.8 Å². The van der Waals surface area contributed by atoms with Crippen LogP contribution in [0.4, 0.5) is 0 Å². The molecule has 4 atom stereocenters. The lowest BCUT2D eigenvalue weighted by atomic mass is 9.86. The van der Waals surface area contributed by atoms with Crippen LogP contribution in [0.1, 0.15) is 63.4 Å². The highest BCUT2D eigenvalue weighted by atomic mass is 16.6. The van der Waals surface area contributed by atoms with Gasteiger partial charge in [0, 0.05) is 12.1 Å². The lowest BCUT2D eigenvalue weighted by Gasteiger charge is -2.31. The number of nitrogens with zero attached hydrogens (tertiary/aromatic N) is 2. The van der Waals surface area contributed by atoms with Gasteiger partial charge in [-0.25, -0.2) is 0 Å². The molecule has 5 rings (SSSR count). The average molecular weight is 562 g/mol. The number of para-hydroxylation sites is 2. The molecule has 41 heavy (non-hydrogen) atoms. The summed E-state index contributed by atoms with van der Waals surface area (Å²) in [6.45, 7) is 10.6. The standard InChI is InChI=1S/C32H39N3O6/c1-19(2)16-22(33-29(37)20-10-12-21(13-11-20)32(3,4)5)30(38)34-15-14-23-28(34)24(36)17-35(23)31(39)27-18-40-25-8-6-7-9-26(25)41-27/h6-13,19,22-23,27-28H,14-18H2,1-5H3,(H,33,37)/t22-,23+,27?,28-/m0/s1. The van der Waals surface area contributed by atoms with Crippen LogP contribution in [0.2, 0.25) is 0 Å².